The van der Waals surface area contributed by atoms with Crippen LogP contribution in [-0.2, 0) is 13.1 Å². The summed E-state index contributed by atoms with van der Waals surface area (Å²) in [7, 11) is 1.55. The number of halogens is 1. The van der Waals surface area contributed by atoms with Gasteiger partial charge in [0.15, 0.2) is 6.54 Å². The largest absolute Gasteiger partial charge is 0.545 e. The summed E-state index contributed by atoms with van der Waals surface area (Å²) in [6.07, 6.45) is 4.74. The Morgan fingerprint density at radius 3 is 2.75 bits per heavy atom. The molecule has 1 aliphatic rings. The monoisotopic (exact) mass is 451 g/mol. The normalized spacial score (nSPS) is 16.6. The maximum Gasteiger partial charge on any atom is 0.265 e. The maximum absolute atomic E-state index is 11.8. The van der Waals surface area contributed by atoms with Gasteiger partial charge in [-0.25, -0.2) is 4.98 Å². The number of aromatic carboxylic acids is 1. The van der Waals surface area contributed by atoms with Crippen LogP contribution in [-0.4, -0.2) is 35.8 Å². The summed E-state index contributed by atoms with van der Waals surface area (Å²) in [6, 6.07) is 11.1. The molecular weight excluding hydrogens is 430 g/mol. The zero-order valence-electron chi connectivity index (χ0n) is 17.7. The van der Waals surface area contributed by atoms with Crippen molar-refractivity contribution in [3.8, 4) is 5.75 Å². The van der Waals surface area contributed by atoms with Crippen LogP contribution in [0.25, 0.3) is 0 Å². The van der Waals surface area contributed by atoms with E-state index in [0.717, 1.165) is 11.3 Å². The fourth-order valence-corrected chi connectivity index (χ4v) is 4.05. The summed E-state index contributed by atoms with van der Waals surface area (Å²) in [5.74, 6) is -0.0732. The van der Waals surface area contributed by atoms with Gasteiger partial charge in [0.2, 0.25) is 0 Å². The quantitative estimate of drug-likeness (QED) is 0.528. The Bertz CT molecular complexity index is 1190. The number of pyridine rings is 2. The minimum atomic E-state index is -1.31. The van der Waals surface area contributed by atoms with Crippen molar-refractivity contribution in [2.75, 3.05) is 19.0 Å². The Kier molecular flexibility index (Phi) is 6.07. The number of hydrogen-bond acceptors (Lipinski definition) is 7. The number of hydrogen-bond donors (Lipinski definition) is 1. The van der Waals surface area contributed by atoms with Gasteiger partial charge >= 0.3 is 0 Å². The highest BCUT2D eigenvalue weighted by Gasteiger charge is 2.40. The molecule has 0 saturated carbocycles. The number of aromatic nitrogens is 2. The van der Waals surface area contributed by atoms with E-state index in [0.29, 0.717) is 47.5 Å². The molecule has 0 bridgehead atoms. The molecule has 1 atom stereocenters. The molecule has 0 aliphatic carbocycles. The van der Waals surface area contributed by atoms with Crippen LogP contribution in [0.4, 0.5) is 11.5 Å². The van der Waals surface area contributed by atoms with Gasteiger partial charge in [-0.1, -0.05) is 28.8 Å². The van der Waals surface area contributed by atoms with Gasteiger partial charge in [-0.2, -0.15) is 0 Å². The van der Waals surface area contributed by atoms with Crippen LogP contribution < -0.4 is 19.8 Å². The first-order valence-corrected chi connectivity index (χ1v) is 10.5. The molecule has 3 heterocycles. The van der Waals surface area contributed by atoms with E-state index in [1.165, 1.54) is 6.20 Å². The van der Waals surface area contributed by atoms with E-state index in [2.05, 4.69) is 15.3 Å². The molecule has 2 aromatic heterocycles. The number of carbonyl (C=O) groups excluding carboxylic acids is 1. The van der Waals surface area contributed by atoms with Crippen LogP contribution in [0.2, 0.25) is 5.02 Å². The van der Waals surface area contributed by atoms with E-state index < -0.39 is 5.97 Å². The zero-order chi connectivity index (χ0) is 22.7. The lowest BCUT2D eigenvalue weighted by molar-refractivity contribution is -0.254. The number of nitrogens with zero attached hydrogens (tertiary/aromatic N) is 4. The second-order valence-corrected chi connectivity index (χ2v) is 7.76. The summed E-state index contributed by atoms with van der Waals surface area (Å²) in [5, 5.41) is 20.2. The first-order valence-electron chi connectivity index (χ1n) is 10.1. The molecule has 164 valence electrons. The number of methoxy groups -OCH3 is 1. The number of benzene rings is 1. The van der Waals surface area contributed by atoms with Crippen LogP contribution in [0.1, 0.15) is 34.1 Å². The summed E-state index contributed by atoms with van der Waals surface area (Å²) in [5.41, 5.74) is 2.76. The summed E-state index contributed by atoms with van der Waals surface area (Å²) >= 11 is 6.22. The van der Waals surface area contributed by atoms with Gasteiger partial charge in [0.05, 0.1) is 29.5 Å². The molecule has 0 amide bonds. The molecule has 1 aromatic carbocycles. The standard InChI is InChI=1S/C23H22ClN5O3/c1-3-29(14-16-6-4-5-9-25-16)22-17(13-28-29)21(18(12-27-22)23(30)31)26-11-15-7-8-20(32-2)19(24)10-15/h4-10,12-13H,3,11,14H2,1-2H3,(H-,26,27,28,30,31). The number of ether oxygens (including phenoxy) is 1. The van der Waals surface area contributed by atoms with Crippen molar-refractivity contribution in [2.24, 2.45) is 5.10 Å². The first-order chi connectivity index (χ1) is 15.5. The molecule has 0 radical (unpaired) electrons. The number of carboxylic acids is 1. The van der Waals surface area contributed by atoms with Crippen LogP contribution in [0.3, 0.4) is 0 Å². The van der Waals surface area contributed by atoms with Gasteiger partial charge in [0.25, 0.3) is 5.82 Å². The highest BCUT2D eigenvalue weighted by Crippen LogP contribution is 2.38. The molecule has 32 heavy (non-hydrogen) atoms. The first kappa shape index (κ1) is 21.7. The molecule has 9 heteroatoms. The minimum Gasteiger partial charge on any atom is -0.545 e. The lowest BCUT2D eigenvalue weighted by Gasteiger charge is -2.27. The van der Waals surface area contributed by atoms with E-state index in [1.54, 1.807) is 31.7 Å². The lowest BCUT2D eigenvalue weighted by Crippen LogP contribution is -2.42. The molecule has 0 spiro atoms. The van der Waals surface area contributed by atoms with Gasteiger partial charge in [0, 0.05) is 24.5 Å². The fraction of sp³-hybridized carbons (Fsp3) is 0.217. The van der Waals surface area contributed by atoms with Crippen molar-refractivity contribution in [3.05, 3.63) is 76.2 Å². The molecule has 1 N–H and O–H groups in total. The van der Waals surface area contributed by atoms with Gasteiger partial charge in [-0.05, 0) is 36.8 Å². The molecule has 1 unspecified atom stereocenters. The molecule has 0 saturated heterocycles. The van der Waals surface area contributed by atoms with Crippen LogP contribution in [0.5, 0.6) is 5.75 Å². The maximum atomic E-state index is 11.8. The van der Waals surface area contributed by atoms with E-state index in [-0.39, 0.29) is 10.2 Å². The number of rotatable bonds is 8. The Labute approximate surface area is 190 Å². The topological polar surface area (TPSA) is 99.5 Å². The van der Waals surface area contributed by atoms with Crippen LogP contribution >= 0.6 is 11.6 Å². The number of carboxylic acid groups (broad SMARTS) is 1. The number of fused-ring (bicyclic) bond motifs is 1. The molecule has 4 rings (SSSR count). The summed E-state index contributed by atoms with van der Waals surface area (Å²) in [4.78, 5) is 20.7. The van der Waals surface area contributed by atoms with Crippen molar-refractivity contribution >= 4 is 35.3 Å². The second kappa shape index (κ2) is 8.94. The zero-order valence-corrected chi connectivity index (χ0v) is 18.5. The molecule has 3 aromatic rings. The van der Waals surface area contributed by atoms with Crippen molar-refractivity contribution < 1.29 is 14.6 Å². The van der Waals surface area contributed by atoms with Gasteiger partial charge < -0.3 is 20.0 Å². The minimum absolute atomic E-state index is 0.0243. The molecule has 1 aliphatic heterocycles. The number of quaternary nitrogens is 1. The third-order valence-electron chi connectivity index (χ3n) is 5.48. The number of nitrogens with one attached hydrogen (secondary N) is 1. The van der Waals surface area contributed by atoms with E-state index in [9.17, 15) is 9.90 Å². The highest BCUT2D eigenvalue weighted by molar-refractivity contribution is 6.32. The Hall–Kier alpha value is -3.49. The third kappa shape index (κ3) is 4.02. The SMILES string of the molecule is CC[N+]1(Cc2ccccn2)N=Cc2c1ncc(C(=O)[O-])c2NCc1ccc(OC)c(Cl)c1. The predicted molar refractivity (Wildman–Crippen MR) is 122 cm³/mol. The third-order valence-corrected chi connectivity index (χ3v) is 5.77. The Morgan fingerprint density at radius 1 is 1.25 bits per heavy atom. The number of carbonyl (C=O) groups is 1. The smallest absolute Gasteiger partial charge is 0.265 e. The van der Waals surface area contributed by atoms with E-state index in [1.807, 2.05) is 31.2 Å². The van der Waals surface area contributed by atoms with Gasteiger partial charge in [0.1, 0.15) is 24.1 Å². The lowest BCUT2D eigenvalue weighted by atomic mass is 10.1. The van der Waals surface area contributed by atoms with Crippen molar-refractivity contribution in [2.45, 2.75) is 20.0 Å². The average Bonchev–Trinajstić information content (AvgIpc) is 3.17. The van der Waals surface area contributed by atoms with E-state index in [4.69, 9.17) is 21.4 Å². The molecule has 8 nitrogen and oxygen atoms in total. The van der Waals surface area contributed by atoms with Crippen molar-refractivity contribution in [3.63, 3.8) is 0 Å². The van der Waals surface area contributed by atoms with Gasteiger partial charge in [-0.3, -0.25) is 4.98 Å². The summed E-state index contributed by atoms with van der Waals surface area (Å²) < 4.78 is 5.38. The summed E-state index contributed by atoms with van der Waals surface area (Å²) in [6.45, 7) is 3.49. The van der Waals surface area contributed by atoms with E-state index >= 15 is 0 Å². The average molecular weight is 452 g/mol. The second-order valence-electron chi connectivity index (χ2n) is 7.36. The fourth-order valence-electron chi connectivity index (χ4n) is 3.77. The van der Waals surface area contributed by atoms with Crippen LogP contribution in [0, 0.1) is 0 Å². The molecule has 0 fully saturated rings. The van der Waals surface area contributed by atoms with Gasteiger partial charge in [-0.15, -0.1) is 4.59 Å². The van der Waals surface area contributed by atoms with Crippen molar-refractivity contribution in [1.82, 2.24) is 14.6 Å². The van der Waals surface area contributed by atoms with Crippen molar-refractivity contribution in [1.29, 1.82) is 0 Å². The van der Waals surface area contributed by atoms with Crippen LogP contribution in [0.15, 0.2) is 53.9 Å². The Morgan fingerprint density at radius 2 is 2.09 bits per heavy atom. The number of anilines is 1. The Balaban J connectivity index is 1.69. The predicted octanol–water partition coefficient (Wildman–Crippen LogP) is 2.99. The molecular formula is C23H22ClN5O3. The highest BCUT2D eigenvalue weighted by atomic mass is 35.5.